The van der Waals surface area contributed by atoms with Gasteiger partial charge in [-0.1, -0.05) is 6.07 Å². The van der Waals surface area contributed by atoms with E-state index >= 15 is 0 Å². The molecule has 25 heavy (non-hydrogen) atoms. The third kappa shape index (κ3) is 4.37. The van der Waals surface area contributed by atoms with Gasteiger partial charge in [0, 0.05) is 44.5 Å². The van der Waals surface area contributed by atoms with Gasteiger partial charge < -0.3 is 15.0 Å². The average molecular weight is 343 g/mol. The van der Waals surface area contributed by atoms with E-state index in [9.17, 15) is 4.79 Å². The summed E-state index contributed by atoms with van der Waals surface area (Å²) in [6, 6.07) is 5.70. The predicted octanol–water partition coefficient (Wildman–Crippen LogP) is 1.37. The molecule has 1 N–H and O–H groups in total. The van der Waals surface area contributed by atoms with E-state index in [1.54, 1.807) is 7.11 Å². The highest BCUT2D eigenvalue weighted by Crippen LogP contribution is 2.30. The van der Waals surface area contributed by atoms with Crippen molar-refractivity contribution >= 4 is 12.1 Å². The van der Waals surface area contributed by atoms with Crippen LogP contribution in [0.3, 0.4) is 0 Å². The fourth-order valence-electron chi connectivity index (χ4n) is 3.00. The lowest BCUT2D eigenvalue weighted by atomic mass is 10.1. The molecule has 1 aromatic heterocycles. The number of piperazine rings is 1. The maximum atomic E-state index is 10.6. The van der Waals surface area contributed by atoms with Gasteiger partial charge in [-0.2, -0.15) is 5.10 Å². The van der Waals surface area contributed by atoms with E-state index in [0.29, 0.717) is 17.8 Å². The first-order valence-corrected chi connectivity index (χ1v) is 8.51. The molecule has 7 nitrogen and oxygen atoms in total. The molecular weight excluding hydrogens is 318 g/mol. The number of hydrogen-bond donors (Lipinski definition) is 1. The molecule has 0 bridgehead atoms. The molecule has 0 saturated carbocycles. The number of likely N-dealkylation sites (N-methyl/N-ethyl adjacent to an activating group) is 1. The molecule has 3 rings (SSSR count). The van der Waals surface area contributed by atoms with Crippen molar-refractivity contribution in [2.24, 2.45) is 0 Å². The summed E-state index contributed by atoms with van der Waals surface area (Å²) >= 11 is 0. The van der Waals surface area contributed by atoms with E-state index in [1.807, 2.05) is 29.1 Å². The number of methoxy groups -OCH3 is 1. The third-order valence-corrected chi connectivity index (χ3v) is 4.62. The van der Waals surface area contributed by atoms with Crippen molar-refractivity contribution in [3.63, 3.8) is 0 Å². The maximum absolute atomic E-state index is 10.6. The minimum Gasteiger partial charge on any atom is -0.495 e. The van der Waals surface area contributed by atoms with Gasteiger partial charge in [0.1, 0.15) is 5.75 Å². The first-order valence-electron chi connectivity index (χ1n) is 8.51. The van der Waals surface area contributed by atoms with Crippen molar-refractivity contribution in [3.05, 3.63) is 30.6 Å². The van der Waals surface area contributed by atoms with Gasteiger partial charge in [-0.3, -0.25) is 14.4 Å². The van der Waals surface area contributed by atoms with Crippen molar-refractivity contribution in [1.29, 1.82) is 0 Å². The molecule has 1 amide bonds. The highest BCUT2D eigenvalue weighted by atomic mass is 16.5. The normalized spacial score (nSPS) is 15.9. The molecule has 0 aliphatic carbocycles. The fraction of sp³-hybridized carbons (Fsp3) is 0.444. The summed E-state index contributed by atoms with van der Waals surface area (Å²) < 4.78 is 7.33. The van der Waals surface area contributed by atoms with E-state index in [2.05, 4.69) is 33.5 Å². The van der Waals surface area contributed by atoms with Gasteiger partial charge in [-0.15, -0.1) is 0 Å². The minimum absolute atomic E-state index is 0.634. The molecule has 134 valence electrons. The number of carbonyl (C=O) groups excluding carboxylic acids is 1. The Morgan fingerprint density at radius 2 is 2.00 bits per heavy atom. The second-order valence-electron chi connectivity index (χ2n) is 6.31. The molecule has 0 unspecified atom stereocenters. The lowest BCUT2D eigenvalue weighted by Crippen LogP contribution is -2.45. The molecule has 2 aromatic rings. The Labute approximate surface area is 148 Å². The van der Waals surface area contributed by atoms with E-state index in [4.69, 9.17) is 4.74 Å². The average Bonchev–Trinajstić information content (AvgIpc) is 3.11. The molecule has 0 radical (unpaired) electrons. The van der Waals surface area contributed by atoms with Gasteiger partial charge in [0.25, 0.3) is 0 Å². The number of anilines is 1. The monoisotopic (exact) mass is 343 g/mol. The quantitative estimate of drug-likeness (QED) is 0.770. The molecule has 2 heterocycles. The summed E-state index contributed by atoms with van der Waals surface area (Å²) in [5.41, 5.74) is 2.71. The Morgan fingerprint density at radius 3 is 2.72 bits per heavy atom. The topological polar surface area (TPSA) is 62.6 Å². The number of hydrogen-bond acceptors (Lipinski definition) is 5. The number of aromatic nitrogens is 2. The first-order chi connectivity index (χ1) is 12.2. The van der Waals surface area contributed by atoms with Crippen LogP contribution in [-0.4, -0.2) is 72.9 Å². The largest absolute Gasteiger partial charge is 0.495 e. The molecule has 0 spiro atoms. The Morgan fingerprint density at radius 1 is 1.20 bits per heavy atom. The molecule has 1 saturated heterocycles. The fourth-order valence-corrected chi connectivity index (χ4v) is 3.00. The van der Waals surface area contributed by atoms with Crippen LogP contribution in [0.4, 0.5) is 5.69 Å². The van der Waals surface area contributed by atoms with Gasteiger partial charge in [0.05, 0.1) is 25.5 Å². The van der Waals surface area contributed by atoms with Gasteiger partial charge >= 0.3 is 0 Å². The maximum Gasteiger partial charge on any atom is 0.211 e. The summed E-state index contributed by atoms with van der Waals surface area (Å²) in [7, 11) is 3.76. The van der Waals surface area contributed by atoms with E-state index in [-0.39, 0.29) is 0 Å². The van der Waals surface area contributed by atoms with Crippen LogP contribution in [0.2, 0.25) is 0 Å². The van der Waals surface area contributed by atoms with Crippen molar-refractivity contribution in [2.45, 2.75) is 6.54 Å². The molecule has 1 aliphatic heterocycles. The van der Waals surface area contributed by atoms with Crippen LogP contribution in [0, 0.1) is 0 Å². The van der Waals surface area contributed by atoms with Crippen LogP contribution in [0.25, 0.3) is 11.1 Å². The van der Waals surface area contributed by atoms with Crippen LogP contribution in [0.1, 0.15) is 0 Å². The van der Waals surface area contributed by atoms with Gasteiger partial charge in [0.15, 0.2) is 0 Å². The zero-order valence-corrected chi connectivity index (χ0v) is 14.8. The molecule has 1 fully saturated rings. The Balaban J connectivity index is 1.63. The highest BCUT2D eigenvalue weighted by molar-refractivity contribution is 5.78. The number of benzene rings is 1. The SMILES string of the molecule is COc1cc(-c2cnn(CCN3CCN(C)CC3)c2)ccc1NC=O. The summed E-state index contributed by atoms with van der Waals surface area (Å²) in [5, 5.41) is 7.11. The number of amides is 1. The summed E-state index contributed by atoms with van der Waals surface area (Å²) in [4.78, 5) is 15.5. The van der Waals surface area contributed by atoms with Crippen molar-refractivity contribution in [1.82, 2.24) is 19.6 Å². The summed E-state index contributed by atoms with van der Waals surface area (Å²) in [5.74, 6) is 0.634. The van der Waals surface area contributed by atoms with Crippen molar-refractivity contribution in [3.8, 4) is 16.9 Å². The van der Waals surface area contributed by atoms with Gasteiger partial charge in [0.2, 0.25) is 6.41 Å². The smallest absolute Gasteiger partial charge is 0.211 e. The minimum atomic E-state index is 0.634. The molecular formula is C18H25N5O2. The van der Waals surface area contributed by atoms with E-state index in [1.165, 1.54) is 0 Å². The van der Waals surface area contributed by atoms with Crippen LogP contribution in [0.15, 0.2) is 30.6 Å². The number of ether oxygens (including phenoxy) is 1. The predicted molar refractivity (Wildman–Crippen MR) is 97.8 cm³/mol. The molecule has 0 atom stereocenters. The lowest BCUT2D eigenvalue weighted by Gasteiger charge is -2.32. The summed E-state index contributed by atoms with van der Waals surface area (Å²) in [6.45, 7) is 6.39. The van der Waals surface area contributed by atoms with Crippen LogP contribution < -0.4 is 10.1 Å². The van der Waals surface area contributed by atoms with E-state index < -0.39 is 0 Å². The standard InChI is InChI=1S/C18H25N5O2/c1-21-5-7-22(8-6-21)9-10-23-13-16(12-20-23)15-3-4-17(19-14-24)18(11-15)25-2/h3-4,11-14H,5-10H2,1-2H3,(H,19,24). The molecule has 1 aromatic carbocycles. The number of carbonyl (C=O) groups is 1. The number of nitrogens with zero attached hydrogens (tertiary/aromatic N) is 4. The van der Waals surface area contributed by atoms with Crippen LogP contribution >= 0.6 is 0 Å². The Hall–Kier alpha value is -2.38. The zero-order valence-electron chi connectivity index (χ0n) is 14.8. The number of rotatable bonds is 7. The van der Waals surface area contributed by atoms with Crippen LogP contribution in [0.5, 0.6) is 5.75 Å². The molecule has 1 aliphatic rings. The first kappa shape index (κ1) is 17.4. The second-order valence-corrected chi connectivity index (χ2v) is 6.31. The highest BCUT2D eigenvalue weighted by Gasteiger charge is 2.13. The van der Waals surface area contributed by atoms with Crippen molar-refractivity contribution in [2.75, 3.05) is 52.2 Å². The lowest BCUT2D eigenvalue weighted by molar-refractivity contribution is -0.105. The Kier molecular flexibility index (Phi) is 5.67. The van der Waals surface area contributed by atoms with Gasteiger partial charge in [-0.25, -0.2) is 0 Å². The Bertz CT molecular complexity index is 707. The van der Waals surface area contributed by atoms with Crippen LogP contribution in [-0.2, 0) is 11.3 Å². The van der Waals surface area contributed by atoms with Crippen molar-refractivity contribution < 1.29 is 9.53 Å². The third-order valence-electron chi connectivity index (χ3n) is 4.62. The van der Waals surface area contributed by atoms with E-state index in [0.717, 1.165) is 50.4 Å². The zero-order chi connectivity index (χ0) is 17.6. The molecule has 7 heteroatoms. The number of nitrogens with one attached hydrogen (secondary N) is 1. The van der Waals surface area contributed by atoms with Gasteiger partial charge in [-0.05, 0) is 24.7 Å². The summed E-state index contributed by atoms with van der Waals surface area (Å²) in [6.07, 6.45) is 4.57. The second kappa shape index (κ2) is 8.13.